The zero-order valence-corrected chi connectivity index (χ0v) is 7.15. The number of hydrogen-bond acceptors (Lipinski definition) is 3. The van der Waals surface area contributed by atoms with E-state index in [4.69, 9.17) is 16.7 Å². The maximum atomic E-state index is 10.1. The van der Waals surface area contributed by atoms with Crippen molar-refractivity contribution in [1.82, 2.24) is 4.98 Å². The van der Waals surface area contributed by atoms with Crippen LogP contribution in [0.4, 0.5) is 0 Å². The number of carboxylic acids is 1. The number of aryl methyl sites for hydroxylation is 1. The van der Waals surface area contributed by atoms with Crippen molar-refractivity contribution in [2.45, 2.75) is 12.8 Å². The van der Waals surface area contributed by atoms with Gasteiger partial charge in [0, 0.05) is 11.1 Å². The maximum absolute atomic E-state index is 10.1. The molecule has 0 aliphatic carbocycles. The van der Waals surface area contributed by atoms with Gasteiger partial charge < -0.3 is 5.11 Å². The van der Waals surface area contributed by atoms with Crippen molar-refractivity contribution >= 4 is 28.9 Å². The molecule has 1 heterocycles. The van der Waals surface area contributed by atoms with E-state index in [0.717, 1.165) is 4.88 Å². The Morgan fingerprint density at radius 2 is 2.55 bits per heavy atom. The van der Waals surface area contributed by atoms with Crippen LogP contribution in [0.1, 0.15) is 11.3 Å². The molecule has 0 bridgehead atoms. The number of hydrogen-bond donors (Lipinski definition) is 1. The van der Waals surface area contributed by atoms with E-state index < -0.39 is 5.97 Å². The molecule has 60 valence electrons. The lowest BCUT2D eigenvalue weighted by Crippen LogP contribution is -1.95. The normalized spacial score (nSPS) is 9.91. The van der Waals surface area contributed by atoms with Crippen LogP contribution in [0.5, 0.6) is 0 Å². The van der Waals surface area contributed by atoms with E-state index in [0.29, 0.717) is 10.9 Å². The monoisotopic (exact) mass is 191 g/mol. The third kappa shape index (κ3) is 2.86. The van der Waals surface area contributed by atoms with E-state index in [2.05, 4.69) is 4.98 Å². The molecule has 11 heavy (non-hydrogen) atoms. The number of aromatic nitrogens is 1. The molecule has 0 spiro atoms. The third-order valence-corrected chi connectivity index (χ3v) is 2.29. The molecule has 0 saturated carbocycles. The summed E-state index contributed by atoms with van der Waals surface area (Å²) in [5.74, 6) is -0.797. The van der Waals surface area contributed by atoms with Gasteiger partial charge in [-0.25, -0.2) is 4.98 Å². The summed E-state index contributed by atoms with van der Waals surface area (Å²) in [6, 6.07) is 0. The van der Waals surface area contributed by atoms with Crippen LogP contribution in [0, 0.1) is 0 Å². The summed E-state index contributed by atoms with van der Waals surface area (Å²) in [4.78, 5) is 14.8. The highest BCUT2D eigenvalue weighted by atomic mass is 35.5. The summed E-state index contributed by atoms with van der Waals surface area (Å²) in [5, 5.41) is 8.33. The van der Waals surface area contributed by atoms with E-state index in [1.54, 1.807) is 6.20 Å². The van der Waals surface area contributed by atoms with Gasteiger partial charge >= 0.3 is 5.97 Å². The van der Waals surface area contributed by atoms with Crippen LogP contribution in [0.15, 0.2) is 6.20 Å². The highest BCUT2D eigenvalue weighted by molar-refractivity contribution is 7.15. The van der Waals surface area contributed by atoms with E-state index >= 15 is 0 Å². The molecule has 1 aromatic rings. The molecule has 0 aliphatic rings. The lowest BCUT2D eigenvalue weighted by Gasteiger charge is -1.88. The molecular formula is C6H6ClNO2S. The Labute approximate surface area is 72.6 Å². The lowest BCUT2D eigenvalue weighted by molar-refractivity contribution is -0.136. The second-order valence-electron chi connectivity index (χ2n) is 1.97. The van der Waals surface area contributed by atoms with Crippen molar-refractivity contribution in [3.05, 3.63) is 15.5 Å². The molecule has 5 heteroatoms. The van der Waals surface area contributed by atoms with Crippen molar-refractivity contribution in [1.29, 1.82) is 0 Å². The highest BCUT2D eigenvalue weighted by Gasteiger charge is 2.02. The Balaban J connectivity index is 2.45. The smallest absolute Gasteiger partial charge is 0.303 e. The summed E-state index contributed by atoms with van der Waals surface area (Å²) in [6.07, 6.45) is 2.26. The molecule has 0 aliphatic heterocycles. The van der Waals surface area contributed by atoms with Crippen molar-refractivity contribution in [3.8, 4) is 0 Å². The molecule has 3 nitrogen and oxygen atoms in total. The zero-order valence-electron chi connectivity index (χ0n) is 5.58. The van der Waals surface area contributed by atoms with Gasteiger partial charge in [-0.05, 0) is 6.42 Å². The zero-order chi connectivity index (χ0) is 8.27. The van der Waals surface area contributed by atoms with Gasteiger partial charge in [0.2, 0.25) is 0 Å². The average molecular weight is 192 g/mol. The van der Waals surface area contributed by atoms with Gasteiger partial charge in [-0.1, -0.05) is 11.6 Å². The molecule has 0 atom stereocenters. The first kappa shape index (κ1) is 8.49. The van der Waals surface area contributed by atoms with Gasteiger partial charge in [-0.2, -0.15) is 0 Å². The Bertz CT molecular complexity index is 261. The number of thiazole rings is 1. The lowest BCUT2D eigenvalue weighted by atomic mass is 10.3. The van der Waals surface area contributed by atoms with Crippen molar-refractivity contribution < 1.29 is 9.90 Å². The van der Waals surface area contributed by atoms with E-state index in [1.165, 1.54) is 11.3 Å². The summed E-state index contributed by atoms with van der Waals surface area (Å²) in [5.41, 5.74) is 0. The SMILES string of the molecule is O=C(O)CCc1cnc(Cl)s1. The Kier molecular flexibility index (Phi) is 2.84. The maximum Gasteiger partial charge on any atom is 0.303 e. The molecule has 1 rings (SSSR count). The number of carboxylic acid groups (broad SMARTS) is 1. The first-order valence-corrected chi connectivity index (χ1v) is 4.20. The number of halogens is 1. The van der Waals surface area contributed by atoms with Crippen LogP contribution in [-0.4, -0.2) is 16.1 Å². The average Bonchev–Trinajstić information content (AvgIpc) is 2.31. The van der Waals surface area contributed by atoms with Gasteiger partial charge in [-0.3, -0.25) is 4.79 Å². The van der Waals surface area contributed by atoms with Crippen LogP contribution >= 0.6 is 22.9 Å². The van der Waals surface area contributed by atoms with Crippen molar-refractivity contribution in [3.63, 3.8) is 0 Å². The molecule has 1 N–H and O–H groups in total. The molecule has 0 radical (unpaired) electrons. The molecule has 1 aromatic heterocycles. The summed E-state index contributed by atoms with van der Waals surface area (Å²) in [6.45, 7) is 0. The first-order valence-electron chi connectivity index (χ1n) is 3.00. The van der Waals surface area contributed by atoms with Gasteiger partial charge in [0.1, 0.15) is 0 Å². The molecule has 0 saturated heterocycles. The van der Waals surface area contributed by atoms with E-state index in [-0.39, 0.29) is 6.42 Å². The Morgan fingerprint density at radius 3 is 3.00 bits per heavy atom. The molecular weight excluding hydrogens is 186 g/mol. The number of rotatable bonds is 3. The number of nitrogens with zero attached hydrogens (tertiary/aromatic N) is 1. The predicted molar refractivity (Wildman–Crippen MR) is 43.1 cm³/mol. The quantitative estimate of drug-likeness (QED) is 0.793. The fourth-order valence-electron chi connectivity index (χ4n) is 0.629. The van der Waals surface area contributed by atoms with Gasteiger partial charge in [0.05, 0.1) is 6.42 Å². The summed E-state index contributed by atoms with van der Waals surface area (Å²) < 4.78 is 0.463. The summed E-state index contributed by atoms with van der Waals surface area (Å²) in [7, 11) is 0. The van der Waals surface area contributed by atoms with E-state index in [9.17, 15) is 4.79 Å². The minimum atomic E-state index is -0.797. The van der Waals surface area contributed by atoms with Crippen molar-refractivity contribution in [2.75, 3.05) is 0 Å². The molecule has 0 unspecified atom stereocenters. The standard InChI is InChI=1S/C6H6ClNO2S/c7-6-8-3-4(11-6)1-2-5(9)10/h3H,1-2H2,(H,9,10). The topological polar surface area (TPSA) is 50.2 Å². The van der Waals surface area contributed by atoms with Gasteiger partial charge in [0.25, 0.3) is 0 Å². The predicted octanol–water partition coefficient (Wildman–Crippen LogP) is 1.81. The van der Waals surface area contributed by atoms with Crippen LogP contribution in [0.25, 0.3) is 0 Å². The summed E-state index contributed by atoms with van der Waals surface area (Å²) >= 11 is 6.86. The van der Waals surface area contributed by atoms with Crippen LogP contribution in [0.3, 0.4) is 0 Å². The minimum Gasteiger partial charge on any atom is -0.481 e. The molecule has 0 amide bonds. The molecule has 0 aromatic carbocycles. The van der Waals surface area contributed by atoms with Crippen molar-refractivity contribution in [2.24, 2.45) is 0 Å². The van der Waals surface area contributed by atoms with E-state index in [1.807, 2.05) is 0 Å². The van der Waals surface area contributed by atoms with Crippen LogP contribution in [-0.2, 0) is 11.2 Å². The largest absolute Gasteiger partial charge is 0.481 e. The fourth-order valence-corrected chi connectivity index (χ4v) is 1.61. The fraction of sp³-hybridized carbons (Fsp3) is 0.333. The Morgan fingerprint density at radius 1 is 1.82 bits per heavy atom. The number of carbonyl (C=O) groups is 1. The first-order chi connectivity index (χ1) is 5.18. The van der Waals surface area contributed by atoms with Gasteiger partial charge in [0.15, 0.2) is 4.47 Å². The second-order valence-corrected chi connectivity index (χ2v) is 3.67. The van der Waals surface area contributed by atoms with Crippen LogP contribution in [0.2, 0.25) is 4.47 Å². The second kappa shape index (κ2) is 3.69. The third-order valence-electron chi connectivity index (χ3n) is 1.11. The highest BCUT2D eigenvalue weighted by Crippen LogP contribution is 2.18. The minimum absolute atomic E-state index is 0.137. The Hall–Kier alpha value is -0.610. The van der Waals surface area contributed by atoms with Gasteiger partial charge in [-0.15, -0.1) is 11.3 Å². The molecule has 0 fully saturated rings. The number of aliphatic carboxylic acids is 1. The van der Waals surface area contributed by atoms with Crippen LogP contribution < -0.4 is 0 Å².